The van der Waals surface area contributed by atoms with Gasteiger partial charge in [0.05, 0.1) is 0 Å². The number of hydrogen-bond donors (Lipinski definition) is 1. The lowest BCUT2D eigenvalue weighted by Gasteiger charge is -2.17. The van der Waals surface area contributed by atoms with Crippen LogP contribution in [0.1, 0.15) is 43.7 Å². The van der Waals surface area contributed by atoms with Crippen LogP contribution in [-0.4, -0.2) is 17.0 Å². The third kappa shape index (κ3) is 3.79. The molecule has 1 aromatic heterocycles. The van der Waals surface area contributed by atoms with E-state index in [1.54, 1.807) is 6.07 Å². The number of nitrogens with one attached hydrogen (secondary N) is 1. The summed E-state index contributed by atoms with van der Waals surface area (Å²) in [4.78, 5) is 12.4. The molecule has 0 saturated heterocycles. The molecule has 0 radical (unpaired) electrons. The summed E-state index contributed by atoms with van der Waals surface area (Å²) in [6.45, 7) is 5.63. The molecule has 4 heteroatoms. The topological polar surface area (TPSA) is 34.0 Å². The van der Waals surface area contributed by atoms with Crippen molar-refractivity contribution < 1.29 is 9.18 Å². The maximum Gasteiger partial charge on any atom is 0.220 e. The number of amides is 1. The number of nitrogens with zero attached hydrogens (tertiary/aromatic N) is 1. The van der Waals surface area contributed by atoms with Crippen molar-refractivity contribution in [1.82, 2.24) is 9.88 Å². The second-order valence-corrected chi connectivity index (χ2v) is 6.55. The summed E-state index contributed by atoms with van der Waals surface area (Å²) in [5, 5.41) is 4.06. The zero-order chi connectivity index (χ0) is 18.5. The predicted molar refractivity (Wildman–Crippen MR) is 104 cm³/mol. The highest BCUT2D eigenvalue weighted by Crippen LogP contribution is 2.35. The second kappa shape index (κ2) is 8.17. The summed E-state index contributed by atoms with van der Waals surface area (Å²) in [7, 11) is 0. The molecule has 0 fully saturated rings. The van der Waals surface area contributed by atoms with Gasteiger partial charge in [-0.2, -0.15) is 0 Å². The summed E-state index contributed by atoms with van der Waals surface area (Å²) in [5.74, 6) is -0.463. The molecule has 3 rings (SSSR count). The molecule has 1 N–H and O–H groups in total. The Bertz CT molecular complexity index is 900. The van der Waals surface area contributed by atoms with Gasteiger partial charge in [-0.3, -0.25) is 4.79 Å². The number of fused-ring (bicyclic) bond motifs is 1. The van der Waals surface area contributed by atoms with E-state index in [-0.39, 0.29) is 17.6 Å². The van der Waals surface area contributed by atoms with Crippen molar-refractivity contribution in [3.63, 3.8) is 0 Å². The first-order chi connectivity index (χ1) is 12.6. The van der Waals surface area contributed by atoms with Gasteiger partial charge in [0.15, 0.2) is 0 Å². The minimum atomic E-state index is -0.277. The monoisotopic (exact) mass is 352 g/mol. The first-order valence-corrected chi connectivity index (χ1v) is 9.24. The molecule has 2 aromatic carbocycles. The van der Waals surface area contributed by atoms with Gasteiger partial charge in [0, 0.05) is 42.5 Å². The van der Waals surface area contributed by atoms with E-state index in [9.17, 15) is 9.18 Å². The van der Waals surface area contributed by atoms with Gasteiger partial charge in [-0.15, -0.1) is 0 Å². The molecule has 3 nitrogen and oxygen atoms in total. The molecule has 0 aliphatic rings. The van der Waals surface area contributed by atoms with E-state index >= 15 is 0 Å². The molecule has 136 valence electrons. The van der Waals surface area contributed by atoms with Gasteiger partial charge in [-0.25, -0.2) is 4.39 Å². The number of halogens is 1. The fourth-order valence-electron chi connectivity index (χ4n) is 3.47. The van der Waals surface area contributed by atoms with Crippen molar-refractivity contribution in [1.29, 1.82) is 0 Å². The van der Waals surface area contributed by atoms with E-state index in [1.807, 2.05) is 25.1 Å². The molecular formula is C22H25FN2O. The van der Waals surface area contributed by atoms with Crippen LogP contribution in [0.2, 0.25) is 0 Å². The lowest BCUT2D eigenvalue weighted by Crippen LogP contribution is -2.26. The van der Waals surface area contributed by atoms with Crippen LogP contribution < -0.4 is 5.32 Å². The Hall–Kier alpha value is -2.62. The largest absolute Gasteiger partial charge is 0.356 e. The molecule has 0 aliphatic carbocycles. The first kappa shape index (κ1) is 18.2. The Balaban J connectivity index is 2.07. The van der Waals surface area contributed by atoms with Crippen LogP contribution in [0.25, 0.3) is 10.9 Å². The maximum atomic E-state index is 13.9. The molecule has 0 spiro atoms. The van der Waals surface area contributed by atoms with Gasteiger partial charge in [0.1, 0.15) is 5.82 Å². The molecule has 1 amide bonds. The molecule has 26 heavy (non-hydrogen) atoms. The lowest BCUT2D eigenvalue weighted by molar-refractivity contribution is -0.121. The van der Waals surface area contributed by atoms with E-state index in [4.69, 9.17) is 0 Å². The summed E-state index contributed by atoms with van der Waals surface area (Å²) >= 11 is 0. The molecule has 1 atom stereocenters. The summed E-state index contributed by atoms with van der Waals surface area (Å²) in [6, 6.07) is 14.8. The average molecular weight is 352 g/mol. The SMILES string of the molecule is CCCNC(=O)C[C@@H](c1cccc(F)c1)c1cn(CC)c2ccccc12. The van der Waals surface area contributed by atoms with Crippen LogP contribution in [0.5, 0.6) is 0 Å². The van der Waals surface area contributed by atoms with Gasteiger partial charge < -0.3 is 9.88 Å². The number of carbonyl (C=O) groups is 1. The second-order valence-electron chi connectivity index (χ2n) is 6.55. The maximum absolute atomic E-state index is 13.9. The minimum absolute atomic E-state index is 0.00515. The van der Waals surface area contributed by atoms with E-state index in [0.717, 1.165) is 35.0 Å². The molecule has 0 saturated carbocycles. The zero-order valence-electron chi connectivity index (χ0n) is 15.3. The normalized spacial score (nSPS) is 12.3. The number of carbonyl (C=O) groups excluding carboxylic acids is 1. The highest BCUT2D eigenvalue weighted by Gasteiger charge is 2.22. The standard InChI is InChI=1S/C22H25FN2O/c1-3-12-24-22(26)14-19(16-8-7-9-17(23)13-16)20-15-25(4-2)21-11-6-5-10-18(20)21/h5-11,13,15,19H,3-4,12,14H2,1-2H3,(H,24,26)/t19-/m0/s1. The van der Waals surface area contributed by atoms with Crippen LogP contribution in [0.4, 0.5) is 4.39 Å². The number of aromatic nitrogens is 1. The van der Waals surface area contributed by atoms with E-state index in [1.165, 1.54) is 12.1 Å². The fraction of sp³-hybridized carbons (Fsp3) is 0.318. The number of aryl methyl sites for hydroxylation is 1. The third-order valence-electron chi connectivity index (χ3n) is 4.75. The van der Waals surface area contributed by atoms with Gasteiger partial charge in [0.25, 0.3) is 0 Å². The number of hydrogen-bond acceptors (Lipinski definition) is 1. The van der Waals surface area contributed by atoms with Crippen molar-refractivity contribution in [2.75, 3.05) is 6.54 Å². The highest BCUT2D eigenvalue weighted by molar-refractivity contribution is 5.86. The van der Waals surface area contributed by atoms with Crippen LogP contribution in [0.15, 0.2) is 54.7 Å². The van der Waals surface area contributed by atoms with E-state index in [2.05, 4.69) is 35.1 Å². The zero-order valence-corrected chi connectivity index (χ0v) is 15.3. The molecule has 1 heterocycles. The van der Waals surface area contributed by atoms with E-state index in [0.29, 0.717) is 13.0 Å². The fourth-order valence-corrected chi connectivity index (χ4v) is 3.47. The predicted octanol–water partition coefficient (Wildman–Crippen LogP) is 4.85. The quantitative estimate of drug-likeness (QED) is 0.648. The Kier molecular flexibility index (Phi) is 5.71. The van der Waals surface area contributed by atoms with Gasteiger partial charge in [-0.05, 0) is 42.7 Å². The molecule has 0 aliphatic heterocycles. The first-order valence-electron chi connectivity index (χ1n) is 9.24. The average Bonchev–Trinajstić information content (AvgIpc) is 3.03. The number of rotatable bonds is 7. The van der Waals surface area contributed by atoms with Crippen LogP contribution >= 0.6 is 0 Å². The van der Waals surface area contributed by atoms with Crippen molar-refractivity contribution in [3.05, 3.63) is 71.7 Å². The number of para-hydroxylation sites is 1. The van der Waals surface area contributed by atoms with Crippen molar-refractivity contribution in [2.45, 2.75) is 39.2 Å². The summed E-state index contributed by atoms with van der Waals surface area (Å²) < 4.78 is 16.0. The van der Waals surface area contributed by atoms with Crippen LogP contribution in [0, 0.1) is 5.82 Å². The van der Waals surface area contributed by atoms with Crippen LogP contribution in [-0.2, 0) is 11.3 Å². The lowest BCUT2D eigenvalue weighted by atomic mass is 9.88. The minimum Gasteiger partial charge on any atom is -0.356 e. The molecule has 3 aromatic rings. The smallest absolute Gasteiger partial charge is 0.220 e. The highest BCUT2D eigenvalue weighted by atomic mass is 19.1. The molecule has 0 unspecified atom stereocenters. The number of benzene rings is 2. The summed E-state index contributed by atoms with van der Waals surface area (Å²) in [5.41, 5.74) is 3.04. The Labute approximate surface area is 153 Å². The van der Waals surface area contributed by atoms with Gasteiger partial charge in [-0.1, -0.05) is 37.3 Å². The van der Waals surface area contributed by atoms with Crippen molar-refractivity contribution in [3.8, 4) is 0 Å². The van der Waals surface area contributed by atoms with E-state index < -0.39 is 0 Å². The Morgan fingerprint density at radius 2 is 1.96 bits per heavy atom. The van der Waals surface area contributed by atoms with Gasteiger partial charge in [0.2, 0.25) is 5.91 Å². The van der Waals surface area contributed by atoms with Crippen LogP contribution in [0.3, 0.4) is 0 Å². The third-order valence-corrected chi connectivity index (χ3v) is 4.75. The molecular weight excluding hydrogens is 327 g/mol. The van der Waals surface area contributed by atoms with Crippen molar-refractivity contribution in [2.24, 2.45) is 0 Å². The Morgan fingerprint density at radius 1 is 1.15 bits per heavy atom. The Morgan fingerprint density at radius 3 is 2.69 bits per heavy atom. The summed E-state index contributed by atoms with van der Waals surface area (Å²) in [6.07, 6.45) is 3.31. The van der Waals surface area contributed by atoms with Crippen molar-refractivity contribution >= 4 is 16.8 Å². The van der Waals surface area contributed by atoms with Gasteiger partial charge >= 0.3 is 0 Å². The molecule has 0 bridgehead atoms.